The van der Waals surface area contributed by atoms with E-state index in [4.69, 9.17) is 0 Å². The molecule has 1 aromatic rings. The van der Waals surface area contributed by atoms with Crippen molar-refractivity contribution in [3.63, 3.8) is 0 Å². The Bertz CT molecular complexity index is 576. The van der Waals surface area contributed by atoms with Gasteiger partial charge in [-0.25, -0.2) is 9.59 Å². The number of carbonyl (C=O) groups is 4. The van der Waals surface area contributed by atoms with Crippen LogP contribution in [0.3, 0.4) is 0 Å². The van der Waals surface area contributed by atoms with Gasteiger partial charge in [0.05, 0.1) is 13.2 Å². The van der Waals surface area contributed by atoms with Crippen LogP contribution in [0.1, 0.15) is 19.4 Å². The molecule has 23 heavy (non-hydrogen) atoms. The lowest BCUT2D eigenvalue weighted by Crippen LogP contribution is -2.27. The minimum absolute atomic E-state index is 0.0842. The van der Waals surface area contributed by atoms with E-state index in [1.807, 2.05) is 0 Å². The smallest absolute Gasteiger partial charge is 0.397 e. The molecule has 0 aromatic heterocycles. The van der Waals surface area contributed by atoms with Crippen molar-refractivity contribution in [3.05, 3.63) is 23.8 Å². The summed E-state index contributed by atoms with van der Waals surface area (Å²) in [6, 6.07) is 4.65. The molecule has 0 aliphatic heterocycles. The molecule has 0 atom stereocenters. The van der Waals surface area contributed by atoms with Crippen molar-refractivity contribution in [1.82, 2.24) is 0 Å². The van der Waals surface area contributed by atoms with Gasteiger partial charge < -0.3 is 20.1 Å². The number of carbonyl (C=O) groups excluding carboxylic acids is 4. The average molecular weight is 322 g/mol. The molecule has 1 aromatic carbocycles. The molecule has 0 fully saturated rings. The van der Waals surface area contributed by atoms with Crippen LogP contribution in [0, 0.1) is 6.92 Å². The maximum Gasteiger partial charge on any atom is 0.397 e. The Kier molecular flexibility index (Phi) is 6.72. The number of amides is 2. The zero-order valence-corrected chi connectivity index (χ0v) is 13.1. The van der Waals surface area contributed by atoms with Gasteiger partial charge in [-0.2, -0.15) is 0 Å². The highest BCUT2D eigenvalue weighted by Gasteiger charge is 2.19. The number of rotatable bonds is 4. The second-order valence-electron chi connectivity index (χ2n) is 4.33. The van der Waals surface area contributed by atoms with Crippen LogP contribution in [-0.2, 0) is 28.7 Å². The lowest BCUT2D eigenvalue weighted by Gasteiger charge is -2.12. The zero-order chi connectivity index (χ0) is 17.4. The molecule has 2 N–H and O–H groups in total. The first kappa shape index (κ1) is 18.1. The second kappa shape index (κ2) is 8.52. The highest BCUT2D eigenvalue weighted by Crippen LogP contribution is 2.23. The fraction of sp³-hybridized carbons (Fsp3) is 0.333. The van der Waals surface area contributed by atoms with Crippen molar-refractivity contribution in [2.24, 2.45) is 0 Å². The van der Waals surface area contributed by atoms with Gasteiger partial charge in [0.2, 0.25) is 0 Å². The molecule has 0 saturated carbocycles. The molecule has 0 spiro atoms. The van der Waals surface area contributed by atoms with Crippen LogP contribution in [0.2, 0.25) is 0 Å². The molecular weight excluding hydrogens is 304 g/mol. The van der Waals surface area contributed by atoms with Gasteiger partial charge in [0, 0.05) is 11.4 Å². The molecular formula is C15H18N2O6. The first-order valence-corrected chi connectivity index (χ1v) is 6.96. The van der Waals surface area contributed by atoms with Gasteiger partial charge in [0.15, 0.2) is 0 Å². The van der Waals surface area contributed by atoms with Crippen molar-refractivity contribution >= 4 is 35.1 Å². The molecule has 124 valence electrons. The lowest BCUT2D eigenvalue weighted by molar-refractivity contribution is -0.152. The predicted octanol–water partition coefficient (Wildman–Crippen LogP) is 0.998. The Balaban J connectivity index is 2.86. The number of nitrogens with one attached hydrogen (secondary N) is 2. The fourth-order valence-electron chi connectivity index (χ4n) is 1.65. The Hall–Kier alpha value is -2.90. The minimum Gasteiger partial charge on any atom is -0.459 e. The van der Waals surface area contributed by atoms with Crippen LogP contribution in [0.15, 0.2) is 18.2 Å². The SMILES string of the molecule is CCOC(=O)C(=O)Nc1cccc(NC(=O)C(=O)OCC)c1C. The van der Waals surface area contributed by atoms with Crippen molar-refractivity contribution in [3.8, 4) is 0 Å². The number of hydrogen-bond acceptors (Lipinski definition) is 6. The average Bonchev–Trinajstić information content (AvgIpc) is 2.51. The van der Waals surface area contributed by atoms with Gasteiger partial charge in [-0.1, -0.05) is 6.07 Å². The van der Waals surface area contributed by atoms with E-state index in [1.165, 1.54) is 0 Å². The van der Waals surface area contributed by atoms with Crippen molar-refractivity contribution in [1.29, 1.82) is 0 Å². The van der Waals surface area contributed by atoms with Crippen molar-refractivity contribution in [2.75, 3.05) is 23.8 Å². The van der Waals surface area contributed by atoms with E-state index in [9.17, 15) is 19.2 Å². The second-order valence-corrected chi connectivity index (χ2v) is 4.33. The van der Waals surface area contributed by atoms with Crippen LogP contribution in [0.5, 0.6) is 0 Å². The van der Waals surface area contributed by atoms with E-state index in [0.29, 0.717) is 16.9 Å². The van der Waals surface area contributed by atoms with Gasteiger partial charge in [-0.15, -0.1) is 0 Å². The van der Waals surface area contributed by atoms with E-state index in [2.05, 4.69) is 20.1 Å². The molecule has 8 heteroatoms. The molecule has 0 bridgehead atoms. The molecule has 0 aliphatic rings. The summed E-state index contributed by atoms with van der Waals surface area (Å²) in [4.78, 5) is 45.9. The van der Waals surface area contributed by atoms with E-state index in [0.717, 1.165) is 0 Å². The van der Waals surface area contributed by atoms with Gasteiger partial charge in [0.1, 0.15) is 0 Å². The van der Waals surface area contributed by atoms with Crippen LogP contribution >= 0.6 is 0 Å². The summed E-state index contributed by atoms with van der Waals surface area (Å²) in [5, 5.41) is 4.76. The quantitative estimate of drug-likeness (QED) is 0.632. The topological polar surface area (TPSA) is 111 Å². The van der Waals surface area contributed by atoms with Crippen LogP contribution in [0.25, 0.3) is 0 Å². The van der Waals surface area contributed by atoms with Crippen molar-refractivity contribution in [2.45, 2.75) is 20.8 Å². The summed E-state index contributed by atoms with van der Waals surface area (Å²) in [5.74, 6) is -3.87. The lowest BCUT2D eigenvalue weighted by atomic mass is 10.1. The molecule has 2 amide bonds. The standard InChI is InChI=1S/C15H18N2O6/c1-4-22-14(20)12(18)16-10-7-6-8-11(9(10)3)17-13(19)15(21)23-5-2/h6-8H,4-5H2,1-3H3,(H,16,18)(H,17,19). The van der Waals surface area contributed by atoms with Crippen molar-refractivity contribution < 1.29 is 28.7 Å². The van der Waals surface area contributed by atoms with Crippen LogP contribution < -0.4 is 10.6 Å². The van der Waals surface area contributed by atoms with E-state index in [-0.39, 0.29) is 13.2 Å². The number of esters is 2. The van der Waals surface area contributed by atoms with Gasteiger partial charge in [-0.05, 0) is 38.5 Å². The molecule has 0 unspecified atom stereocenters. The first-order valence-electron chi connectivity index (χ1n) is 6.96. The predicted molar refractivity (Wildman–Crippen MR) is 81.7 cm³/mol. The maximum atomic E-state index is 11.6. The molecule has 0 saturated heterocycles. The Morgan fingerprint density at radius 2 is 1.26 bits per heavy atom. The maximum absolute atomic E-state index is 11.6. The zero-order valence-electron chi connectivity index (χ0n) is 13.1. The summed E-state index contributed by atoms with van der Waals surface area (Å²) in [6.45, 7) is 4.95. The molecule has 1 rings (SSSR count). The Morgan fingerprint density at radius 1 is 0.870 bits per heavy atom. The number of benzene rings is 1. The third-order valence-corrected chi connectivity index (χ3v) is 2.75. The Morgan fingerprint density at radius 3 is 1.61 bits per heavy atom. The molecule has 0 radical (unpaired) electrons. The monoisotopic (exact) mass is 322 g/mol. The molecule has 0 heterocycles. The first-order chi connectivity index (χ1) is 10.9. The fourth-order valence-corrected chi connectivity index (χ4v) is 1.65. The number of ether oxygens (including phenoxy) is 2. The summed E-state index contributed by atoms with van der Waals surface area (Å²) in [7, 11) is 0. The van der Waals surface area contributed by atoms with Crippen LogP contribution in [0.4, 0.5) is 11.4 Å². The third-order valence-electron chi connectivity index (χ3n) is 2.75. The Labute approximate surface area is 133 Å². The van der Waals surface area contributed by atoms with E-state index in [1.54, 1.807) is 39.0 Å². The highest BCUT2D eigenvalue weighted by atomic mass is 16.5. The summed E-state index contributed by atoms with van der Waals surface area (Å²) in [5.41, 5.74) is 1.09. The van der Waals surface area contributed by atoms with Gasteiger partial charge in [0.25, 0.3) is 0 Å². The normalized spacial score (nSPS) is 9.70. The van der Waals surface area contributed by atoms with Crippen LogP contribution in [-0.4, -0.2) is 37.0 Å². The third kappa shape index (κ3) is 5.10. The minimum atomic E-state index is -1.01. The van der Waals surface area contributed by atoms with Gasteiger partial charge >= 0.3 is 23.8 Å². The number of anilines is 2. The summed E-state index contributed by atoms with van der Waals surface area (Å²) >= 11 is 0. The van der Waals surface area contributed by atoms with E-state index >= 15 is 0 Å². The molecule has 8 nitrogen and oxygen atoms in total. The van der Waals surface area contributed by atoms with Gasteiger partial charge in [-0.3, -0.25) is 9.59 Å². The van der Waals surface area contributed by atoms with E-state index < -0.39 is 23.8 Å². The largest absolute Gasteiger partial charge is 0.459 e. The number of hydrogen-bond donors (Lipinski definition) is 2. The summed E-state index contributed by atoms with van der Waals surface area (Å²) in [6.07, 6.45) is 0. The molecule has 0 aliphatic carbocycles. The summed E-state index contributed by atoms with van der Waals surface area (Å²) < 4.78 is 9.17. The highest BCUT2D eigenvalue weighted by molar-refractivity contribution is 6.38.